The van der Waals surface area contributed by atoms with Crippen molar-refractivity contribution >= 4 is 32.2 Å². The molecule has 1 amide bonds. The van der Waals surface area contributed by atoms with Crippen LogP contribution in [0.5, 0.6) is 0 Å². The molecule has 0 radical (unpaired) electrons. The zero-order valence-electron chi connectivity index (χ0n) is 17.1. The Morgan fingerprint density at radius 2 is 1.88 bits per heavy atom. The first-order valence-corrected chi connectivity index (χ1v) is 12.8. The van der Waals surface area contributed by atoms with Gasteiger partial charge in [-0.25, -0.2) is 13.4 Å². The fourth-order valence-corrected chi connectivity index (χ4v) is 6.00. The summed E-state index contributed by atoms with van der Waals surface area (Å²) in [7, 11) is -3.60. The van der Waals surface area contributed by atoms with Crippen molar-refractivity contribution in [1.29, 1.82) is 0 Å². The minimum Gasteiger partial charge on any atom is -0.459 e. The summed E-state index contributed by atoms with van der Waals surface area (Å²) in [5.41, 5.74) is 4.89. The Balaban J connectivity index is 1.32. The molecule has 4 aromatic rings. The van der Waals surface area contributed by atoms with E-state index < -0.39 is 15.7 Å². The number of nitrogens with one attached hydrogen (secondary N) is 1. The summed E-state index contributed by atoms with van der Waals surface area (Å²) in [6.45, 7) is 0. The van der Waals surface area contributed by atoms with E-state index in [0.29, 0.717) is 10.7 Å². The van der Waals surface area contributed by atoms with Gasteiger partial charge in [0.15, 0.2) is 20.7 Å². The second kappa shape index (κ2) is 8.37. The van der Waals surface area contributed by atoms with Crippen LogP contribution in [0.3, 0.4) is 0 Å². The average Bonchev–Trinajstić information content (AvgIpc) is 3.54. The molecule has 0 fully saturated rings. The Bertz CT molecular complexity index is 1390. The van der Waals surface area contributed by atoms with Crippen LogP contribution in [0.4, 0.5) is 5.13 Å². The van der Waals surface area contributed by atoms with Gasteiger partial charge in [0.25, 0.3) is 5.91 Å². The van der Waals surface area contributed by atoms with Crippen LogP contribution in [0.15, 0.2) is 75.6 Å². The second-order valence-corrected chi connectivity index (χ2v) is 10.5. The third-order valence-corrected chi connectivity index (χ3v) is 7.96. The molecule has 0 aliphatic heterocycles. The third-order valence-electron chi connectivity index (χ3n) is 5.52. The largest absolute Gasteiger partial charge is 0.459 e. The van der Waals surface area contributed by atoms with Gasteiger partial charge < -0.3 is 4.42 Å². The molecule has 0 saturated carbocycles. The molecule has 5 rings (SSSR count). The minimum absolute atomic E-state index is 0.0289. The highest BCUT2D eigenvalue weighted by Gasteiger charge is 2.23. The molecule has 2 aromatic carbocycles. The molecule has 1 aliphatic rings. The van der Waals surface area contributed by atoms with Crippen molar-refractivity contribution in [3.8, 4) is 11.3 Å². The van der Waals surface area contributed by atoms with Crippen LogP contribution in [0.25, 0.3) is 11.3 Å². The van der Waals surface area contributed by atoms with Crippen molar-refractivity contribution in [3.05, 3.63) is 88.7 Å². The Labute approximate surface area is 189 Å². The lowest BCUT2D eigenvalue weighted by molar-refractivity contribution is 0.0995. The zero-order chi connectivity index (χ0) is 22.1. The highest BCUT2D eigenvalue weighted by atomic mass is 32.2. The Hall–Kier alpha value is -3.23. The van der Waals surface area contributed by atoms with Crippen LogP contribution in [0.1, 0.15) is 33.7 Å². The van der Waals surface area contributed by atoms with Crippen LogP contribution in [0, 0.1) is 0 Å². The van der Waals surface area contributed by atoms with Gasteiger partial charge in [-0.3, -0.25) is 10.1 Å². The molecule has 2 heterocycles. The van der Waals surface area contributed by atoms with E-state index in [0.717, 1.165) is 24.1 Å². The maximum absolute atomic E-state index is 12.8. The van der Waals surface area contributed by atoms with Crippen molar-refractivity contribution in [2.45, 2.75) is 29.9 Å². The smallest absolute Gasteiger partial charge is 0.293 e. The van der Waals surface area contributed by atoms with E-state index in [9.17, 15) is 13.2 Å². The minimum atomic E-state index is -3.60. The van der Waals surface area contributed by atoms with Gasteiger partial charge in [0.2, 0.25) is 0 Å². The number of fused-ring (bicyclic) bond motifs is 1. The first kappa shape index (κ1) is 20.7. The Morgan fingerprint density at radius 3 is 2.72 bits per heavy atom. The molecule has 0 saturated heterocycles. The fraction of sp³-hybridized carbons (Fsp3) is 0.167. The molecule has 0 spiro atoms. The summed E-state index contributed by atoms with van der Waals surface area (Å²) in [5.74, 6) is -0.879. The highest BCUT2D eigenvalue weighted by molar-refractivity contribution is 7.90. The van der Waals surface area contributed by atoms with Gasteiger partial charge in [0.1, 0.15) is 0 Å². The third kappa shape index (κ3) is 4.11. The number of furan rings is 1. The Kier molecular flexibility index (Phi) is 5.40. The number of benzene rings is 2. The molecule has 0 unspecified atom stereocenters. The molecular formula is C24H20N2O4S2. The zero-order valence-corrected chi connectivity index (χ0v) is 18.7. The molecule has 2 aromatic heterocycles. The molecule has 1 N–H and O–H groups in total. The molecule has 8 heteroatoms. The number of carbonyl (C=O) groups excluding carboxylic acids is 1. The van der Waals surface area contributed by atoms with Gasteiger partial charge in [-0.05, 0) is 54.7 Å². The van der Waals surface area contributed by atoms with Crippen LogP contribution in [0.2, 0.25) is 0 Å². The number of sulfone groups is 1. The predicted molar refractivity (Wildman–Crippen MR) is 124 cm³/mol. The SMILES string of the molecule is O=C(Nc1nc(-c2ccc3c(c2)CCC3)cs1)c1occc1CS(=O)(=O)c1ccccc1. The number of amides is 1. The summed E-state index contributed by atoms with van der Waals surface area (Å²) in [4.78, 5) is 17.5. The Morgan fingerprint density at radius 1 is 1.06 bits per heavy atom. The normalized spacial score (nSPS) is 13.1. The van der Waals surface area contributed by atoms with Crippen molar-refractivity contribution < 1.29 is 17.6 Å². The van der Waals surface area contributed by atoms with Crippen molar-refractivity contribution in [2.24, 2.45) is 0 Å². The molecule has 6 nitrogen and oxygen atoms in total. The maximum atomic E-state index is 12.8. The fourth-order valence-electron chi connectivity index (χ4n) is 3.91. The summed E-state index contributed by atoms with van der Waals surface area (Å²) in [6, 6.07) is 16.0. The first-order valence-electron chi connectivity index (χ1n) is 10.2. The number of aryl methyl sites for hydroxylation is 2. The average molecular weight is 465 g/mol. The predicted octanol–water partition coefficient (Wildman–Crippen LogP) is 5.12. The number of hydrogen-bond acceptors (Lipinski definition) is 6. The van der Waals surface area contributed by atoms with Crippen molar-refractivity contribution in [3.63, 3.8) is 0 Å². The number of nitrogens with zero attached hydrogens (tertiary/aromatic N) is 1. The number of thiazole rings is 1. The van der Waals surface area contributed by atoms with E-state index in [1.807, 2.05) is 5.38 Å². The maximum Gasteiger partial charge on any atom is 0.293 e. The van der Waals surface area contributed by atoms with E-state index >= 15 is 0 Å². The van der Waals surface area contributed by atoms with Gasteiger partial charge in [-0.1, -0.05) is 30.3 Å². The molecule has 162 valence electrons. The quantitative estimate of drug-likeness (QED) is 0.428. The van der Waals surface area contributed by atoms with Gasteiger partial charge in [-0.15, -0.1) is 11.3 Å². The number of anilines is 1. The molecule has 0 atom stereocenters. The topological polar surface area (TPSA) is 89.3 Å². The van der Waals surface area contributed by atoms with Gasteiger partial charge in [0, 0.05) is 16.5 Å². The molecule has 0 bridgehead atoms. The number of aromatic nitrogens is 1. The molecule has 1 aliphatic carbocycles. The highest BCUT2D eigenvalue weighted by Crippen LogP contribution is 2.30. The molecular weight excluding hydrogens is 444 g/mol. The van der Waals surface area contributed by atoms with Crippen LogP contribution < -0.4 is 5.32 Å². The number of hydrogen-bond donors (Lipinski definition) is 1. The van der Waals surface area contributed by atoms with Crippen molar-refractivity contribution in [1.82, 2.24) is 4.98 Å². The lowest BCUT2D eigenvalue weighted by atomic mass is 10.1. The summed E-state index contributed by atoms with van der Waals surface area (Å²) in [6.07, 6.45) is 4.72. The molecule has 32 heavy (non-hydrogen) atoms. The standard InChI is InChI=1S/C24H20N2O4S2/c27-23(22-19(11-12-30-22)15-32(28,29)20-7-2-1-3-8-20)26-24-25-21(14-31-24)18-10-9-16-5-4-6-17(16)13-18/h1-3,7-14H,4-6,15H2,(H,25,26,27). The van der Waals surface area contributed by atoms with Crippen LogP contribution >= 0.6 is 11.3 Å². The van der Waals surface area contributed by atoms with Gasteiger partial charge >= 0.3 is 0 Å². The summed E-state index contributed by atoms with van der Waals surface area (Å²) in [5, 5.41) is 5.06. The second-order valence-electron chi connectivity index (χ2n) is 7.68. The van der Waals surface area contributed by atoms with E-state index in [-0.39, 0.29) is 16.4 Å². The van der Waals surface area contributed by atoms with Crippen molar-refractivity contribution in [2.75, 3.05) is 5.32 Å². The number of carbonyl (C=O) groups is 1. The monoisotopic (exact) mass is 464 g/mol. The summed E-state index contributed by atoms with van der Waals surface area (Å²) >= 11 is 1.32. The van der Waals surface area contributed by atoms with Gasteiger partial charge in [-0.2, -0.15) is 0 Å². The first-order chi connectivity index (χ1) is 15.5. The van der Waals surface area contributed by atoms with Gasteiger partial charge in [0.05, 0.1) is 22.6 Å². The van der Waals surface area contributed by atoms with E-state index in [1.54, 1.807) is 18.2 Å². The van der Waals surface area contributed by atoms with E-state index in [1.165, 1.54) is 53.3 Å². The number of rotatable bonds is 6. The van der Waals surface area contributed by atoms with Crippen LogP contribution in [-0.2, 0) is 28.4 Å². The summed E-state index contributed by atoms with van der Waals surface area (Å²) < 4.78 is 30.7. The van der Waals surface area contributed by atoms with Crippen LogP contribution in [-0.4, -0.2) is 19.3 Å². The van der Waals surface area contributed by atoms with E-state index in [4.69, 9.17) is 4.42 Å². The van der Waals surface area contributed by atoms with E-state index in [2.05, 4.69) is 28.5 Å². The lowest BCUT2D eigenvalue weighted by Gasteiger charge is -2.05. The lowest BCUT2D eigenvalue weighted by Crippen LogP contribution is -2.14.